The smallest absolute Gasteiger partial charge is 0.158 e. The molecule has 0 saturated carbocycles. The Labute approximate surface area is 67.4 Å². The van der Waals surface area contributed by atoms with E-state index in [0.717, 1.165) is 4.48 Å². The van der Waals surface area contributed by atoms with Gasteiger partial charge in [-0.1, -0.05) is 33.2 Å². The van der Waals surface area contributed by atoms with Crippen molar-refractivity contribution in [3.63, 3.8) is 0 Å². The molecule has 2 atom stereocenters. The normalized spacial score (nSPS) is 35.1. The van der Waals surface area contributed by atoms with Crippen molar-refractivity contribution >= 4 is 22.1 Å². The minimum atomic E-state index is 0.124. The fraction of sp³-hybridized carbons (Fsp3) is 0.286. The van der Waals surface area contributed by atoms with Crippen LogP contribution in [0.5, 0.6) is 0 Å². The first-order chi connectivity index (χ1) is 4.86. The van der Waals surface area contributed by atoms with Crippen LogP contribution in [0.3, 0.4) is 0 Å². The van der Waals surface area contributed by atoms with Crippen LogP contribution in [0.25, 0.3) is 0 Å². The predicted octanol–water partition coefficient (Wildman–Crippen LogP) is 1.84. The highest BCUT2D eigenvalue weighted by Crippen LogP contribution is 2.24. The third-order valence-electron chi connectivity index (χ3n) is 1.60. The second-order valence-corrected chi connectivity index (χ2v) is 3.23. The number of fused-ring (bicyclic) bond motifs is 1. The maximum atomic E-state index is 5.04. The summed E-state index contributed by atoms with van der Waals surface area (Å²) < 4.78 is 1.07. The molecule has 1 aliphatic carbocycles. The quantitative estimate of drug-likeness (QED) is 0.584. The second kappa shape index (κ2) is 2.23. The third-order valence-corrected chi connectivity index (χ3v) is 2.12. The van der Waals surface area contributed by atoms with E-state index in [-0.39, 0.29) is 6.10 Å². The van der Waals surface area contributed by atoms with E-state index in [1.54, 1.807) is 0 Å². The molecule has 0 saturated heterocycles. The lowest BCUT2D eigenvalue weighted by molar-refractivity contribution is 0.105. The summed E-state index contributed by atoms with van der Waals surface area (Å²) in [6.07, 6.45) is 8.04. The molecule has 0 aromatic carbocycles. The largest absolute Gasteiger partial charge is 0.387 e. The van der Waals surface area contributed by atoms with Crippen molar-refractivity contribution < 1.29 is 4.84 Å². The first kappa shape index (κ1) is 6.16. The molecule has 1 heterocycles. The van der Waals surface area contributed by atoms with E-state index < -0.39 is 0 Å². The summed E-state index contributed by atoms with van der Waals surface area (Å²) in [7, 11) is 0. The van der Waals surface area contributed by atoms with Gasteiger partial charge in [-0.15, -0.1) is 0 Å². The highest BCUT2D eigenvalue weighted by Gasteiger charge is 2.24. The van der Waals surface area contributed by atoms with Crippen LogP contribution in [0, 0.1) is 5.92 Å². The van der Waals surface area contributed by atoms with Gasteiger partial charge in [-0.05, 0) is 6.08 Å². The lowest BCUT2D eigenvalue weighted by atomic mass is 10.0. The number of halogens is 1. The molecule has 2 rings (SSSR count). The van der Waals surface area contributed by atoms with Crippen molar-refractivity contribution in [3.8, 4) is 0 Å². The van der Waals surface area contributed by atoms with Gasteiger partial charge in [-0.2, -0.15) is 0 Å². The van der Waals surface area contributed by atoms with E-state index in [1.165, 1.54) is 0 Å². The Kier molecular flexibility index (Phi) is 1.38. The van der Waals surface area contributed by atoms with Crippen molar-refractivity contribution in [2.24, 2.45) is 11.1 Å². The molecule has 52 valence electrons. The topological polar surface area (TPSA) is 21.6 Å². The van der Waals surface area contributed by atoms with Crippen LogP contribution in [0.2, 0.25) is 0 Å². The van der Waals surface area contributed by atoms with Gasteiger partial charge in [0.15, 0.2) is 6.10 Å². The molecule has 0 fully saturated rings. The maximum Gasteiger partial charge on any atom is 0.158 e. The average Bonchev–Trinajstić information content (AvgIpc) is 2.33. The second-order valence-electron chi connectivity index (χ2n) is 2.31. The Bertz CT molecular complexity index is 232. The Hall–Kier alpha value is -0.570. The number of hydrogen-bond acceptors (Lipinski definition) is 2. The fourth-order valence-corrected chi connectivity index (χ4v) is 1.46. The number of rotatable bonds is 0. The molecule has 1 aliphatic heterocycles. The summed E-state index contributed by atoms with van der Waals surface area (Å²) in [5, 5.41) is 3.72. The molecule has 0 aromatic heterocycles. The first-order valence-corrected chi connectivity index (χ1v) is 3.90. The highest BCUT2D eigenvalue weighted by atomic mass is 79.9. The number of hydrogen-bond donors (Lipinski definition) is 0. The highest BCUT2D eigenvalue weighted by molar-refractivity contribution is 9.11. The van der Waals surface area contributed by atoms with Crippen LogP contribution in [0.4, 0.5) is 0 Å². The average molecular weight is 200 g/mol. The maximum absolute atomic E-state index is 5.04. The number of allylic oxidation sites excluding steroid dienone is 2. The van der Waals surface area contributed by atoms with E-state index >= 15 is 0 Å². The molecule has 0 radical (unpaired) electrons. The molecule has 0 aromatic rings. The molecule has 3 heteroatoms. The standard InChI is InChI=1S/C7H6BrNO/c8-6-2-1-5-4-9-10-7(5)3-6/h1-5,7H. The summed E-state index contributed by atoms with van der Waals surface area (Å²) >= 11 is 3.36. The molecule has 10 heavy (non-hydrogen) atoms. The van der Waals surface area contributed by atoms with Gasteiger partial charge >= 0.3 is 0 Å². The molecule has 0 amide bonds. The van der Waals surface area contributed by atoms with Crippen LogP contribution in [-0.4, -0.2) is 12.3 Å². The zero-order valence-electron chi connectivity index (χ0n) is 5.20. The summed E-state index contributed by atoms with van der Waals surface area (Å²) in [6.45, 7) is 0. The number of oxime groups is 1. The molecule has 2 nitrogen and oxygen atoms in total. The van der Waals surface area contributed by atoms with Gasteiger partial charge in [0, 0.05) is 4.48 Å². The monoisotopic (exact) mass is 199 g/mol. The molecule has 0 bridgehead atoms. The van der Waals surface area contributed by atoms with E-state index in [9.17, 15) is 0 Å². The fourth-order valence-electron chi connectivity index (χ4n) is 1.05. The Balaban J connectivity index is 2.25. The SMILES string of the molecule is BrC1=CC2ON=CC2C=C1. The lowest BCUT2D eigenvalue weighted by Gasteiger charge is -2.12. The molecule has 2 aliphatic rings. The summed E-state index contributed by atoms with van der Waals surface area (Å²) in [5.41, 5.74) is 0. The van der Waals surface area contributed by atoms with Crippen molar-refractivity contribution in [3.05, 3.63) is 22.7 Å². The van der Waals surface area contributed by atoms with Gasteiger partial charge in [0.05, 0.1) is 12.1 Å². The first-order valence-electron chi connectivity index (χ1n) is 3.11. The Morgan fingerprint density at radius 3 is 3.40 bits per heavy atom. The summed E-state index contributed by atoms with van der Waals surface area (Å²) in [6, 6.07) is 0. The van der Waals surface area contributed by atoms with Gasteiger partial charge in [0.25, 0.3) is 0 Å². The summed E-state index contributed by atoms with van der Waals surface area (Å²) in [5.74, 6) is 0.348. The van der Waals surface area contributed by atoms with Crippen LogP contribution in [0.15, 0.2) is 27.9 Å². The van der Waals surface area contributed by atoms with Crippen molar-refractivity contribution in [1.82, 2.24) is 0 Å². The van der Waals surface area contributed by atoms with Gasteiger partial charge in [-0.25, -0.2) is 0 Å². The molecule has 2 unspecified atom stereocenters. The minimum absolute atomic E-state index is 0.124. The molecular weight excluding hydrogens is 194 g/mol. The molecular formula is C7H6BrNO. The molecule has 0 N–H and O–H groups in total. The third kappa shape index (κ3) is 0.904. The van der Waals surface area contributed by atoms with Gasteiger partial charge in [0.2, 0.25) is 0 Å². The summed E-state index contributed by atoms with van der Waals surface area (Å²) in [4.78, 5) is 5.04. The van der Waals surface area contributed by atoms with Crippen molar-refractivity contribution in [2.75, 3.05) is 0 Å². The van der Waals surface area contributed by atoms with Crippen LogP contribution in [-0.2, 0) is 4.84 Å². The predicted molar refractivity (Wildman–Crippen MR) is 43.0 cm³/mol. The van der Waals surface area contributed by atoms with Crippen LogP contribution < -0.4 is 0 Å². The van der Waals surface area contributed by atoms with E-state index in [1.807, 2.05) is 18.4 Å². The van der Waals surface area contributed by atoms with Crippen LogP contribution in [0.1, 0.15) is 0 Å². The van der Waals surface area contributed by atoms with Gasteiger partial charge in [-0.3, -0.25) is 0 Å². The zero-order valence-corrected chi connectivity index (χ0v) is 6.78. The Morgan fingerprint density at radius 2 is 2.50 bits per heavy atom. The van der Waals surface area contributed by atoms with Crippen molar-refractivity contribution in [1.29, 1.82) is 0 Å². The van der Waals surface area contributed by atoms with E-state index in [2.05, 4.69) is 27.2 Å². The van der Waals surface area contributed by atoms with Gasteiger partial charge < -0.3 is 4.84 Å². The molecule has 0 spiro atoms. The number of nitrogens with zero attached hydrogens (tertiary/aromatic N) is 1. The Morgan fingerprint density at radius 1 is 1.60 bits per heavy atom. The zero-order chi connectivity index (χ0) is 6.97. The van der Waals surface area contributed by atoms with Gasteiger partial charge in [0.1, 0.15) is 0 Å². The minimum Gasteiger partial charge on any atom is -0.387 e. The lowest BCUT2D eigenvalue weighted by Crippen LogP contribution is -2.15. The van der Waals surface area contributed by atoms with E-state index in [4.69, 9.17) is 4.84 Å². The van der Waals surface area contributed by atoms with Crippen LogP contribution >= 0.6 is 15.9 Å². The van der Waals surface area contributed by atoms with Crippen molar-refractivity contribution in [2.45, 2.75) is 6.10 Å². The van der Waals surface area contributed by atoms with E-state index in [0.29, 0.717) is 5.92 Å².